The third kappa shape index (κ3) is 4.98. The highest BCUT2D eigenvalue weighted by atomic mass is 19.4. The normalized spacial score (nSPS) is 12.4. The van der Waals surface area contributed by atoms with E-state index in [1.54, 1.807) is 17.4 Å². The van der Waals surface area contributed by atoms with E-state index in [-0.39, 0.29) is 11.5 Å². The van der Waals surface area contributed by atoms with Gasteiger partial charge in [-0.25, -0.2) is 9.67 Å². The summed E-state index contributed by atoms with van der Waals surface area (Å²) in [6.45, 7) is 0. The first-order valence-corrected chi connectivity index (χ1v) is 9.79. The molecule has 35 heavy (non-hydrogen) atoms. The number of nitrogens with one attached hydrogen (secondary N) is 1. The number of nitrogens with zero attached hydrogens (tertiary/aromatic N) is 5. The Morgan fingerprint density at radius 2 is 1.80 bits per heavy atom. The van der Waals surface area contributed by atoms with Crippen molar-refractivity contribution in [2.24, 2.45) is 4.99 Å². The van der Waals surface area contributed by atoms with Crippen LogP contribution in [0.4, 0.5) is 32.0 Å². The number of alkyl halides is 6. The summed E-state index contributed by atoms with van der Waals surface area (Å²) in [4.78, 5) is 22.8. The van der Waals surface area contributed by atoms with Gasteiger partial charge in [-0.3, -0.25) is 14.8 Å². The van der Waals surface area contributed by atoms with Gasteiger partial charge >= 0.3 is 18.3 Å². The van der Waals surface area contributed by atoms with Gasteiger partial charge in [-0.1, -0.05) is 6.07 Å². The lowest BCUT2D eigenvalue weighted by molar-refractivity contribution is -0.167. The topological polar surface area (TPSA) is 85.1 Å². The molecule has 0 aliphatic heterocycles. The molecule has 4 rings (SSSR count). The van der Waals surface area contributed by atoms with Crippen molar-refractivity contribution in [3.8, 4) is 16.9 Å². The van der Waals surface area contributed by atoms with E-state index >= 15 is 0 Å². The summed E-state index contributed by atoms with van der Waals surface area (Å²) in [6, 6.07) is 7.91. The average molecular weight is 492 g/mol. The number of hydrogen-bond donors (Lipinski definition) is 1. The number of amides is 1. The number of pyridine rings is 2. The van der Waals surface area contributed by atoms with Crippen molar-refractivity contribution in [1.29, 1.82) is 0 Å². The summed E-state index contributed by atoms with van der Waals surface area (Å²) < 4.78 is 78.5. The Hall–Kier alpha value is -4.29. The van der Waals surface area contributed by atoms with Crippen LogP contribution in [0, 0.1) is 0 Å². The van der Waals surface area contributed by atoms with Gasteiger partial charge in [-0.05, 0) is 35.9 Å². The number of aromatic nitrogens is 4. The summed E-state index contributed by atoms with van der Waals surface area (Å²) in [5.41, 5.74) is 0.405. The Morgan fingerprint density at radius 1 is 1.03 bits per heavy atom. The Kier molecular flexibility index (Phi) is 6.01. The predicted molar refractivity (Wildman–Crippen MR) is 115 cm³/mol. The smallest absolute Gasteiger partial charge is 0.317 e. The van der Waals surface area contributed by atoms with Gasteiger partial charge in [0.1, 0.15) is 5.69 Å². The molecule has 4 aromatic rings. The van der Waals surface area contributed by atoms with Gasteiger partial charge < -0.3 is 5.32 Å². The van der Waals surface area contributed by atoms with Crippen LogP contribution in [0.5, 0.6) is 0 Å². The van der Waals surface area contributed by atoms with Gasteiger partial charge in [-0.15, -0.1) is 0 Å². The molecule has 1 amide bonds. The molecule has 3 heterocycles. The van der Waals surface area contributed by atoms with Crippen molar-refractivity contribution in [1.82, 2.24) is 19.7 Å². The highest BCUT2D eigenvalue weighted by Crippen LogP contribution is 2.31. The van der Waals surface area contributed by atoms with Crippen LogP contribution in [0.15, 0.2) is 60.0 Å². The first kappa shape index (κ1) is 23.9. The van der Waals surface area contributed by atoms with Gasteiger partial charge in [0.05, 0.1) is 23.6 Å². The Balaban J connectivity index is 1.84. The van der Waals surface area contributed by atoms with Crippen LogP contribution in [-0.2, 0) is 11.0 Å². The Morgan fingerprint density at radius 3 is 2.49 bits per heavy atom. The second kappa shape index (κ2) is 8.81. The van der Waals surface area contributed by atoms with E-state index in [4.69, 9.17) is 0 Å². The van der Waals surface area contributed by atoms with Crippen molar-refractivity contribution in [2.45, 2.75) is 12.4 Å². The van der Waals surface area contributed by atoms with E-state index in [9.17, 15) is 31.1 Å². The number of benzene rings is 1. The summed E-state index contributed by atoms with van der Waals surface area (Å²) in [6.07, 6.45) is -4.38. The SMILES string of the molecule is C/N=C/c1cc(-c2cncc(NC(=O)C(F)(F)F)c2)cc2c1cnn2-c1cccc(C(F)(F)F)n1. The zero-order valence-electron chi connectivity index (χ0n) is 17.7. The molecule has 0 radical (unpaired) electrons. The second-order valence-corrected chi connectivity index (χ2v) is 7.23. The molecular weight excluding hydrogens is 478 g/mol. The molecule has 1 aromatic carbocycles. The van der Waals surface area contributed by atoms with Crippen molar-refractivity contribution in [2.75, 3.05) is 12.4 Å². The van der Waals surface area contributed by atoms with E-state index < -0.39 is 24.0 Å². The van der Waals surface area contributed by atoms with Gasteiger partial charge in [-0.2, -0.15) is 31.4 Å². The first-order valence-electron chi connectivity index (χ1n) is 9.79. The highest BCUT2D eigenvalue weighted by Gasteiger charge is 2.38. The second-order valence-electron chi connectivity index (χ2n) is 7.23. The quantitative estimate of drug-likeness (QED) is 0.319. The van der Waals surface area contributed by atoms with Crippen LogP contribution in [0.3, 0.4) is 0 Å². The maximum atomic E-state index is 13.2. The molecule has 0 aliphatic carbocycles. The monoisotopic (exact) mass is 492 g/mol. The number of anilines is 1. The van der Waals surface area contributed by atoms with E-state index in [1.165, 1.54) is 48.5 Å². The molecule has 0 bridgehead atoms. The van der Waals surface area contributed by atoms with Crippen molar-refractivity contribution in [3.05, 3.63) is 66.2 Å². The molecule has 0 aliphatic rings. The molecule has 0 atom stereocenters. The van der Waals surface area contributed by atoms with Crippen LogP contribution in [0.1, 0.15) is 11.3 Å². The van der Waals surface area contributed by atoms with Crippen LogP contribution >= 0.6 is 0 Å². The van der Waals surface area contributed by atoms with E-state index in [2.05, 4.69) is 20.1 Å². The lowest BCUT2D eigenvalue weighted by Crippen LogP contribution is -2.29. The third-order valence-electron chi connectivity index (χ3n) is 4.82. The number of halogens is 6. The lowest BCUT2D eigenvalue weighted by atomic mass is 10.0. The maximum Gasteiger partial charge on any atom is 0.471 e. The van der Waals surface area contributed by atoms with Gasteiger partial charge in [0.2, 0.25) is 0 Å². The van der Waals surface area contributed by atoms with E-state index in [1.807, 2.05) is 0 Å². The summed E-state index contributed by atoms with van der Waals surface area (Å²) in [5, 5.41) is 6.46. The molecule has 0 unspecified atom stereocenters. The molecule has 1 N–H and O–H groups in total. The number of fused-ring (bicyclic) bond motifs is 1. The third-order valence-corrected chi connectivity index (χ3v) is 4.82. The largest absolute Gasteiger partial charge is 0.471 e. The predicted octanol–water partition coefficient (Wildman–Crippen LogP) is 5.05. The molecular formula is C22H14F6N6O. The molecule has 3 aromatic heterocycles. The minimum absolute atomic E-state index is 0.0873. The zero-order chi connectivity index (χ0) is 25.4. The van der Waals surface area contributed by atoms with Crippen LogP contribution in [-0.4, -0.2) is 45.1 Å². The molecule has 0 saturated heterocycles. The minimum Gasteiger partial charge on any atom is -0.317 e. The average Bonchev–Trinajstić information content (AvgIpc) is 3.23. The summed E-state index contributed by atoms with van der Waals surface area (Å²) in [5.74, 6) is -2.24. The van der Waals surface area contributed by atoms with Gasteiger partial charge in [0.25, 0.3) is 0 Å². The highest BCUT2D eigenvalue weighted by molar-refractivity contribution is 6.01. The fraction of sp³-hybridized carbons (Fsp3) is 0.136. The molecule has 13 heteroatoms. The maximum absolute atomic E-state index is 13.2. The standard InChI is InChI=1S/C22H14F6N6O/c1-29-8-14-5-12(13-6-15(10-30-9-13)32-20(35)22(26,27)28)7-17-16(14)11-31-34(17)19-4-2-3-18(33-19)21(23,24)25/h2-11H,1H3,(H,32,35)/b29-8+. The number of carbonyl (C=O) groups is 1. The Labute approximate surface area is 193 Å². The first-order chi connectivity index (χ1) is 16.5. The number of carbonyl (C=O) groups excluding carboxylic acids is 1. The van der Waals surface area contributed by atoms with Crippen molar-refractivity contribution >= 4 is 28.7 Å². The molecule has 0 spiro atoms. The number of hydrogen-bond acceptors (Lipinski definition) is 5. The minimum atomic E-state index is -5.08. The lowest BCUT2D eigenvalue weighted by Gasteiger charge is -2.11. The van der Waals surface area contributed by atoms with Gasteiger partial charge in [0, 0.05) is 36.0 Å². The zero-order valence-corrected chi connectivity index (χ0v) is 17.7. The molecule has 0 saturated carbocycles. The van der Waals surface area contributed by atoms with E-state index in [0.29, 0.717) is 27.6 Å². The van der Waals surface area contributed by atoms with Crippen molar-refractivity contribution < 1.29 is 31.1 Å². The van der Waals surface area contributed by atoms with E-state index in [0.717, 1.165) is 12.3 Å². The molecule has 0 fully saturated rings. The van der Waals surface area contributed by atoms with Gasteiger partial charge in [0.15, 0.2) is 5.82 Å². The summed E-state index contributed by atoms with van der Waals surface area (Å²) in [7, 11) is 1.52. The molecule has 180 valence electrons. The fourth-order valence-corrected chi connectivity index (χ4v) is 3.32. The van der Waals surface area contributed by atoms with Crippen LogP contribution in [0.2, 0.25) is 0 Å². The Bertz CT molecular complexity index is 1440. The van der Waals surface area contributed by atoms with Crippen LogP contribution < -0.4 is 5.32 Å². The fourth-order valence-electron chi connectivity index (χ4n) is 3.32. The van der Waals surface area contributed by atoms with Crippen molar-refractivity contribution in [3.63, 3.8) is 0 Å². The summed E-state index contributed by atoms with van der Waals surface area (Å²) >= 11 is 0. The molecule has 7 nitrogen and oxygen atoms in total. The number of aliphatic imine (C=N–C) groups is 1. The van der Waals surface area contributed by atoms with Crippen LogP contribution in [0.25, 0.3) is 27.8 Å². The number of rotatable bonds is 4.